The van der Waals surface area contributed by atoms with E-state index < -0.39 is 11.9 Å². The molecule has 1 N–H and O–H groups in total. The number of rotatable bonds is 11. The number of aromatic carboxylic acids is 1. The predicted octanol–water partition coefficient (Wildman–Crippen LogP) is 5.56. The van der Waals surface area contributed by atoms with Gasteiger partial charge in [-0.15, -0.1) is 0 Å². The summed E-state index contributed by atoms with van der Waals surface area (Å²) in [5, 5.41) is 9.23. The minimum absolute atomic E-state index is 0.00673. The number of carboxylic acids is 1. The summed E-state index contributed by atoms with van der Waals surface area (Å²) < 4.78 is 5.66. The summed E-state index contributed by atoms with van der Waals surface area (Å²) in [6.07, 6.45) is 6.05. The molecule has 0 saturated heterocycles. The Morgan fingerprint density at radius 2 is 1.52 bits per heavy atom. The molecule has 1 aromatic carbocycles. The van der Waals surface area contributed by atoms with E-state index in [1.54, 1.807) is 12.1 Å². The number of ether oxygens (including phenoxy) is 1. The normalized spacial score (nSPS) is 12.4. The van der Waals surface area contributed by atoms with Crippen LogP contribution < -0.4 is 0 Å². The maximum atomic E-state index is 12.5. The van der Waals surface area contributed by atoms with Crippen LogP contribution in [0.2, 0.25) is 0 Å². The van der Waals surface area contributed by atoms with Crippen LogP contribution in [0.5, 0.6) is 0 Å². The molecule has 0 aromatic heterocycles. The van der Waals surface area contributed by atoms with E-state index in [4.69, 9.17) is 4.74 Å². The molecule has 0 aliphatic heterocycles. The van der Waals surface area contributed by atoms with Gasteiger partial charge in [-0.25, -0.2) is 9.59 Å². The van der Waals surface area contributed by atoms with Crippen molar-refractivity contribution in [1.29, 1.82) is 0 Å². The van der Waals surface area contributed by atoms with Crippen molar-refractivity contribution in [3.63, 3.8) is 0 Å². The number of carbonyl (C=O) groups is 2. The Bertz CT molecular complexity index is 549. The molecule has 1 rings (SSSR count). The van der Waals surface area contributed by atoms with E-state index in [0.29, 0.717) is 5.92 Å². The van der Waals surface area contributed by atoms with Crippen molar-refractivity contribution in [2.24, 2.45) is 11.8 Å². The first-order chi connectivity index (χ1) is 11.8. The second kappa shape index (κ2) is 10.9. The van der Waals surface area contributed by atoms with Gasteiger partial charge in [0.05, 0.1) is 11.1 Å². The number of esters is 1. The Morgan fingerprint density at radius 3 is 2.08 bits per heavy atom. The van der Waals surface area contributed by atoms with Crippen LogP contribution in [0.15, 0.2) is 24.3 Å². The highest BCUT2D eigenvalue weighted by atomic mass is 16.5. The zero-order valence-corrected chi connectivity index (χ0v) is 16.0. The Hall–Kier alpha value is -1.84. The Kier molecular flexibility index (Phi) is 9.25. The van der Waals surface area contributed by atoms with E-state index >= 15 is 0 Å². The van der Waals surface area contributed by atoms with Gasteiger partial charge in [0.1, 0.15) is 6.10 Å². The molecule has 1 aromatic rings. The van der Waals surface area contributed by atoms with Crippen LogP contribution >= 0.6 is 0 Å². The first-order valence-electron chi connectivity index (χ1n) is 9.34. The summed E-state index contributed by atoms with van der Waals surface area (Å²) in [7, 11) is 0. The molecule has 0 saturated carbocycles. The largest absolute Gasteiger partial charge is 0.478 e. The molecular formula is C21H32O4. The zero-order chi connectivity index (χ0) is 18.8. The topological polar surface area (TPSA) is 63.6 Å². The van der Waals surface area contributed by atoms with Gasteiger partial charge in [-0.2, -0.15) is 0 Å². The third kappa shape index (κ3) is 8.19. The fraction of sp³-hybridized carbons (Fsp3) is 0.619. The summed E-state index contributed by atoms with van der Waals surface area (Å²) in [4.78, 5) is 23.7. The lowest BCUT2D eigenvalue weighted by molar-refractivity contribution is 0.0220. The van der Waals surface area contributed by atoms with Crippen molar-refractivity contribution in [3.8, 4) is 0 Å². The second-order valence-corrected chi connectivity index (χ2v) is 7.54. The van der Waals surface area contributed by atoms with Gasteiger partial charge >= 0.3 is 11.9 Å². The van der Waals surface area contributed by atoms with Gasteiger partial charge in [-0.1, -0.05) is 59.1 Å². The van der Waals surface area contributed by atoms with Gasteiger partial charge in [0.15, 0.2) is 0 Å². The SMILES string of the molecule is CC(C)CCCCCC(CC(C)C)OC(=O)c1ccccc1C(=O)O. The molecule has 140 valence electrons. The van der Waals surface area contributed by atoms with Crippen LogP contribution in [0, 0.1) is 11.8 Å². The maximum Gasteiger partial charge on any atom is 0.339 e. The van der Waals surface area contributed by atoms with Crippen molar-refractivity contribution in [1.82, 2.24) is 0 Å². The van der Waals surface area contributed by atoms with Gasteiger partial charge in [-0.05, 0) is 43.2 Å². The fourth-order valence-corrected chi connectivity index (χ4v) is 2.91. The molecule has 4 nitrogen and oxygen atoms in total. The molecule has 0 aliphatic rings. The van der Waals surface area contributed by atoms with Crippen LogP contribution in [-0.2, 0) is 4.74 Å². The van der Waals surface area contributed by atoms with E-state index in [1.807, 2.05) is 0 Å². The third-order valence-electron chi connectivity index (χ3n) is 4.19. The van der Waals surface area contributed by atoms with Crippen molar-refractivity contribution >= 4 is 11.9 Å². The number of carbonyl (C=O) groups excluding carboxylic acids is 1. The minimum Gasteiger partial charge on any atom is -0.478 e. The molecule has 4 heteroatoms. The van der Waals surface area contributed by atoms with Crippen molar-refractivity contribution in [2.45, 2.75) is 72.3 Å². The Labute approximate surface area is 151 Å². The zero-order valence-electron chi connectivity index (χ0n) is 16.0. The first kappa shape index (κ1) is 21.2. The Balaban J connectivity index is 2.65. The number of benzene rings is 1. The quantitative estimate of drug-likeness (QED) is 0.420. The lowest BCUT2D eigenvalue weighted by atomic mass is 9.99. The van der Waals surface area contributed by atoms with Gasteiger partial charge in [-0.3, -0.25) is 0 Å². The number of carboxylic acid groups (broad SMARTS) is 1. The van der Waals surface area contributed by atoms with Crippen LogP contribution in [0.1, 0.15) is 86.9 Å². The molecule has 0 bridgehead atoms. The smallest absolute Gasteiger partial charge is 0.339 e. The predicted molar refractivity (Wildman–Crippen MR) is 100.0 cm³/mol. The highest BCUT2D eigenvalue weighted by Gasteiger charge is 2.21. The van der Waals surface area contributed by atoms with E-state index in [2.05, 4.69) is 27.7 Å². The van der Waals surface area contributed by atoms with Gasteiger partial charge < -0.3 is 9.84 Å². The van der Waals surface area contributed by atoms with Crippen LogP contribution in [0.25, 0.3) is 0 Å². The van der Waals surface area contributed by atoms with E-state index in [9.17, 15) is 14.7 Å². The van der Waals surface area contributed by atoms with Gasteiger partial charge in [0.25, 0.3) is 0 Å². The summed E-state index contributed by atoms with van der Waals surface area (Å²) >= 11 is 0. The summed E-state index contributed by atoms with van der Waals surface area (Å²) in [6.45, 7) is 8.65. The molecule has 1 unspecified atom stereocenters. The van der Waals surface area contributed by atoms with Crippen LogP contribution in [0.4, 0.5) is 0 Å². The molecule has 0 fully saturated rings. The second-order valence-electron chi connectivity index (χ2n) is 7.54. The van der Waals surface area contributed by atoms with Gasteiger partial charge in [0.2, 0.25) is 0 Å². The third-order valence-corrected chi connectivity index (χ3v) is 4.19. The van der Waals surface area contributed by atoms with Crippen molar-refractivity contribution in [2.75, 3.05) is 0 Å². The van der Waals surface area contributed by atoms with E-state index in [1.165, 1.54) is 25.0 Å². The molecule has 0 heterocycles. The van der Waals surface area contributed by atoms with E-state index in [0.717, 1.165) is 31.6 Å². The monoisotopic (exact) mass is 348 g/mol. The molecule has 0 aliphatic carbocycles. The van der Waals surface area contributed by atoms with E-state index in [-0.39, 0.29) is 17.2 Å². The lowest BCUT2D eigenvalue weighted by Gasteiger charge is -2.20. The molecule has 1 atom stereocenters. The molecule has 0 radical (unpaired) electrons. The Morgan fingerprint density at radius 1 is 0.920 bits per heavy atom. The minimum atomic E-state index is -1.11. The highest BCUT2D eigenvalue weighted by molar-refractivity contribution is 6.02. The average molecular weight is 348 g/mol. The van der Waals surface area contributed by atoms with Crippen molar-refractivity contribution < 1.29 is 19.4 Å². The van der Waals surface area contributed by atoms with Crippen molar-refractivity contribution in [3.05, 3.63) is 35.4 Å². The van der Waals surface area contributed by atoms with Crippen LogP contribution in [-0.4, -0.2) is 23.1 Å². The highest BCUT2D eigenvalue weighted by Crippen LogP contribution is 2.20. The lowest BCUT2D eigenvalue weighted by Crippen LogP contribution is -2.22. The molecule has 0 spiro atoms. The summed E-state index contributed by atoms with van der Waals surface area (Å²) in [5.74, 6) is -0.507. The fourth-order valence-electron chi connectivity index (χ4n) is 2.91. The summed E-state index contributed by atoms with van der Waals surface area (Å²) in [6, 6.07) is 6.22. The van der Waals surface area contributed by atoms with Crippen LogP contribution in [0.3, 0.4) is 0 Å². The average Bonchev–Trinajstić information content (AvgIpc) is 2.53. The number of hydrogen-bond donors (Lipinski definition) is 1. The first-order valence-corrected chi connectivity index (χ1v) is 9.34. The number of hydrogen-bond acceptors (Lipinski definition) is 3. The number of unbranched alkanes of at least 4 members (excludes halogenated alkanes) is 2. The summed E-state index contributed by atoms with van der Waals surface area (Å²) in [5.41, 5.74) is 0.122. The molecule has 0 amide bonds. The van der Waals surface area contributed by atoms with Gasteiger partial charge in [0, 0.05) is 0 Å². The molecule has 25 heavy (non-hydrogen) atoms. The maximum absolute atomic E-state index is 12.5. The molecular weight excluding hydrogens is 316 g/mol. The standard InChI is InChI=1S/C21H32O4/c1-15(2)10-6-5-7-11-17(14-16(3)4)25-21(24)19-13-9-8-12-18(19)20(22)23/h8-9,12-13,15-17H,5-7,10-11,14H2,1-4H3,(H,22,23).